The van der Waals surface area contributed by atoms with Crippen molar-refractivity contribution in [3.8, 4) is 0 Å². The molecule has 2 aliphatic heterocycles. The summed E-state index contributed by atoms with van der Waals surface area (Å²) >= 11 is 0. The zero-order chi connectivity index (χ0) is 6.97. The minimum atomic E-state index is 0. The third-order valence-corrected chi connectivity index (χ3v) is 3.66. The number of hydrogen-bond acceptors (Lipinski definition) is 0. The van der Waals surface area contributed by atoms with E-state index in [2.05, 4.69) is 6.92 Å². The van der Waals surface area contributed by atoms with Gasteiger partial charge in [-0.25, -0.2) is 0 Å². The maximum absolute atomic E-state index is 2.45. The fourth-order valence-electron chi connectivity index (χ4n) is 2.85. The first-order valence-electron chi connectivity index (χ1n) is 4.86. The van der Waals surface area contributed by atoms with Gasteiger partial charge < -0.3 is 0 Å². The van der Waals surface area contributed by atoms with Crippen LogP contribution >= 0.6 is 0 Å². The van der Waals surface area contributed by atoms with Crippen LogP contribution in [-0.4, -0.2) is 26.1 Å². The summed E-state index contributed by atoms with van der Waals surface area (Å²) in [6, 6.07) is 0. The first-order valence-corrected chi connectivity index (χ1v) is 4.86. The van der Waals surface area contributed by atoms with Crippen molar-refractivity contribution in [2.24, 2.45) is 5.92 Å². The van der Waals surface area contributed by atoms with E-state index >= 15 is 0 Å². The minimum absolute atomic E-state index is 0. The van der Waals surface area contributed by atoms with Gasteiger partial charge in [-0.15, -0.1) is 0 Å². The van der Waals surface area contributed by atoms with Crippen molar-refractivity contribution in [2.45, 2.75) is 50.7 Å². The standard InChI is InChI=1S/C9H17B.Li.H/c1-7-5-6-8-3-2-4-9(7)10-8;;/h7-10H,2-6H2,1H3;;. The molecular weight excluding hydrogens is 126 g/mol. The molecule has 2 bridgehead atoms. The first-order chi connectivity index (χ1) is 4.86. The van der Waals surface area contributed by atoms with Crippen LogP contribution in [0.3, 0.4) is 0 Å². The molecule has 0 N–H and O–H groups in total. The maximum atomic E-state index is 2.45. The molecule has 0 saturated carbocycles. The molecule has 2 fully saturated rings. The molecule has 58 valence electrons. The molecule has 0 aromatic rings. The Morgan fingerprint density at radius 2 is 1.91 bits per heavy atom. The second-order valence-electron chi connectivity index (χ2n) is 4.35. The topological polar surface area (TPSA) is 0 Å². The van der Waals surface area contributed by atoms with Crippen LogP contribution in [0.2, 0.25) is 11.6 Å². The van der Waals surface area contributed by atoms with E-state index in [0.717, 1.165) is 17.6 Å². The summed E-state index contributed by atoms with van der Waals surface area (Å²) in [4.78, 5) is 0. The number of fused-ring (bicyclic) bond motifs is 2. The van der Waals surface area contributed by atoms with Crippen LogP contribution in [0.5, 0.6) is 0 Å². The van der Waals surface area contributed by atoms with Gasteiger partial charge in [0, 0.05) is 0 Å². The Hall–Kier alpha value is 0.662. The summed E-state index contributed by atoms with van der Waals surface area (Å²) < 4.78 is 0. The van der Waals surface area contributed by atoms with E-state index < -0.39 is 0 Å². The number of hydrogen-bond donors (Lipinski definition) is 0. The Balaban J connectivity index is 0.000000605. The van der Waals surface area contributed by atoms with Crippen LogP contribution in [0.15, 0.2) is 0 Å². The molecule has 2 rings (SSSR count). The molecule has 0 aliphatic carbocycles. The van der Waals surface area contributed by atoms with Gasteiger partial charge in [0.15, 0.2) is 0 Å². The summed E-state index contributed by atoms with van der Waals surface area (Å²) in [5.41, 5.74) is 0. The van der Waals surface area contributed by atoms with E-state index in [9.17, 15) is 0 Å². The Morgan fingerprint density at radius 3 is 2.64 bits per heavy atom. The summed E-state index contributed by atoms with van der Waals surface area (Å²) in [5, 5.41) is 0. The van der Waals surface area contributed by atoms with E-state index in [-0.39, 0.29) is 18.9 Å². The van der Waals surface area contributed by atoms with Gasteiger partial charge in [-0.2, -0.15) is 0 Å². The fourth-order valence-corrected chi connectivity index (χ4v) is 2.85. The van der Waals surface area contributed by atoms with Crippen molar-refractivity contribution in [1.82, 2.24) is 0 Å². The van der Waals surface area contributed by atoms with Gasteiger partial charge in [-0.3, -0.25) is 0 Å². The quantitative estimate of drug-likeness (QED) is 0.456. The molecule has 0 spiro atoms. The molecule has 3 unspecified atom stereocenters. The Labute approximate surface area is 82.9 Å². The third kappa shape index (κ3) is 2.07. The van der Waals surface area contributed by atoms with E-state index in [1.54, 1.807) is 13.7 Å². The predicted octanol–water partition coefficient (Wildman–Crippen LogP) is 1.97. The van der Waals surface area contributed by atoms with Crippen LogP contribution in [0.1, 0.15) is 39.0 Å². The van der Waals surface area contributed by atoms with Crippen LogP contribution in [0, 0.1) is 5.92 Å². The second kappa shape index (κ2) is 4.06. The molecule has 3 atom stereocenters. The van der Waals surface area contributed by atoms with Crippen LogP contribution < -0.4 is 0 Å². The molecule has 0 radical (unpaired) electrons. The van der Waals surface area contributed by atoms with E-state index in [1.807, 2.05) is 0 Å². The summed E-state index contributed by atoms with van der Waals surface area (Å²) in [6.07, 6.45) is 7.67. The van der Waals surface area contributed by atoms with Crippen molar-refractivity contribution < 1.29 is 0 Å². The molecule has 2 saturated heterocycles. The predicted molar refractivity (Wildman–Crippen MR) is 54.0 cm³/mol. The molecule has 0 nitrogen and oxygen atoms in total. The van der Waals surface area contributed by atoms with Gasteiger partial charge in [0.25, 0.3) is 0 Å². The average molecular weight is 144 g/mol. The van der Waals surface area contributed by atoms with Crippen LogP contribution in [0.4, 0.5) is 0 Å². The summed E-state index contributed by atoms with van der Waals surface area (Å²) in [5.74, 6) is 3.30. The number of rotatable bonds is 0. The summed E-state index contributed by atoms with van der Waals surface area (Å²) in [6.45, 7) is 2.45. The zero-order valence-electron chi connectivity index (χ0n) is 6.97. The van der Waals surface area contributed by atoms with Gasteiger partial charge in [0.1, 0.15) is 7.28 Å². The third-order valence-electron chi connectivity index (χ3n) is 3.66. The molecule has 0 aromatic carbocycles. The first kappa shape index (κ1) is 9.75. The molecule has 2 heteroatoms. The van der Waals surface area contributed by atoms with Crippen LogP contribution in [0.25, 0.3) is 0 Å². The van der Waals surface area contributed by atoms with E-state index in [1.165, 1.54) is 25.7 Å². The van der Waals surface area contributed by atoms with Gasteiger partial charge in [0.2, 0.25) is 0 Å². The van der Waals surface area contributed by atoms with Crippen molar-refractivity contribution >= 4 is 26.1 Å². The Bertz CT molecular complexity index is 125. The van der Waals surface area contributed by atoms with Crippen molar-refractivity contribution in [3.63, 3.8) is 0 Å². The molecule has 2 aliphatic rings. The molecule has 11 heavy (non-hydrogen) atoms. The van der Waals surface area contributed by atoms with E-state index in [0.29, 0.717) is 0 Å². The fraction of sp³-hybridized carbons (Fsp3) is 1.00. The Morgan fingerprint density at radius 1 is 1.09 bits per heavy atom. The van der Waals surface area contributed by atoms with Crippen LogP contribution in [-0.2, 0) is 0 Å². The molecule has 2 heterocycles. The van der Waals surface area contributed by atoms with Crippen molar-refractivity contribution in [3.05, 3.63) is 0 Å². The summed E-state index contributed by atoms with van der Waals surface area (Å²) in [7, 11) is 1.57. The monoisotopic (exact) mass is 144 g/mol. The normalized spacial score (nSPS) is 42.1. The van der Waals surface area contributed by atoms with Crippen molar-refractivity contribution in [2.75, 3.05) is 0 Å². The Kier molecular flexibility index (Phi) is 3.60. The van der Waals surface area contributed by atoms with Gasteiger partial charge in [-0.05, 0) is 5.92 Å². The van der Waals surface area contributed by atoms with E-state index in [4.69, 9.17) is 0 Å². The molecular formula is C9H18BLi. The molecule has 0 amide bonds. The van der Waals surface area contributed by atoms with Gasteiger partial charge in [0.05, 0.1) is 0 Å². The van der Waals surface area contributed by atoms with Gasteiger partial charge >= 0.3 is 18.9 Å². The van der Waals surface area contributed by atoms with Gasteiger partial charge in [-0.1, -0.05) is 50.7 Å². The average Bonchev–Trinajstić information content (AvgIpc) is 1.99. The zero-order valence-corrected chi connectivity index (χ0v) is 6.97. The van der Waals surface area contributed by atoms with Crippen molar-refractivity contribution in [1.29, 1.82) is 0 Å². The second-order valence-corrected chi connectivity index (χ2v) is 4.35. The molecule has 0 aromatic heterocycles. The SMILES string of the molecule is CC1CCC2BC1CCC2.[LiH].